The fraction of sp³-hybridized carbons (Fsp3) is 0.286. The lowest BCUT2D eigenvalue weighted by Gasteiger charge is -2.08. The summed E-state index contributed by atoms with van der Waals surface area (Å²) in [5.41, 5.74) is 2.77. The zero-order valence-corrected chi connectivity index (χ0v) is 12.2. The number of hydrogen-bond acceptors (Lipinski definition) is 5. The number of aromatic nitrogens is 2. The molecule has 1 N–H and O–H groups in total. The molecule has 0 atom stereocenters. The van der Waals surface area contributed by atoms with Gasteiger partial charge in [0, 0.05) is 0 Å². The maximum Gasteiger partial charge on any atom is 0.237 e. The Morgan fingerprint density at radius 1 is 1.16 bits per heavy atom. The van der Waals surface area contributed by atoms with Gasteiger partial charge in [-0.3, -0.25) is 4.98 Å². The molecule has 0 aliphatic rings. The van der Waals surface area contributed by atoms with E-state index in [1.54, 1.807) is 6.26 Å². The summed E-state index contributed by atoms with van der Waals surface area (Å²) in [6.07, 6.45) is 4.70. The number of rotatable bonds is 3. The van der Waals surface area contributed by atoms with Crippen LogP contribution in [0.2, 0.25) is 0 Å². The minimum Gasteiger partial charge on any atom is -0.437 e. The quantitative estimate of drug-likeness (QED) is 0.848. The van der Waals surface area contributed by atoms with Crippen molar-refractivity contribution in [2.75, 3.05) is 6.26 Å². The minimum absolute atomic E-state index is 0.114. The molecule has 0 aliphatic heterocycles. The summed E-state index contributed by atoms with van der Waals surface area (Å²) in [6, 6.07) is 5.94. The first kappa shape index (κ1) is 15.5. The van der Waals surface area contributed by atoms with Crippen LogP contribution in [0.4, 0.5) is 0 Å². The third-order valence-corrected chi connectivity index (χ3v) is 2.39. The van der Waals surface area contributed by atoms with Crippen LogP contribution in [0.3, 0.4) is 0 Å². The first-order valence-electron chi connectivity index (χ1n) is 5.80. The van der Waals surface area contributed by atoms with Crippen molar-refractivity contribution in [1.29, 1.82) is 0 Å². The summed E-state index contributed by atoms with van der Waals surface area (Å²) >= 11 is 3.53. The predicted octanol–water partition coefficient (Wildman–Crippen LogP) is 2.92. The van der Waals surface area contributed by atoms with Crippen LogP contribution in [0.5, 0.6) is 11.6 Å². The van der Waals surface area contributed by atoms with Gasteiger partial charge in [0.1, 0.15) is 5.75 Å². The molecular formula is C14H18N2O2S. The summed E-state index contributed by atoms with van der Waals surface area (Å²) < 4.78 is 5.61. The first-order chi connectivity index (χ1) is 9.19. The highest BCUT2D eigenvalue weighted by Crippen LogP contribution is 2.23. The van der Waals surface area contributed by atoms with Gasteiger partial charge in [0.25, 0.3) is 0 Å². The van der Waals surface area contributed by atoms with Gasteiger partial charge in [0.2, 0.25) is 5.88 Å². The van der Waals surface area contributed by atoms with Crippen molar-refractivity contribution in [2.45, 2.75) is 20.5 Å². The van der Waals surface area contributed by atoms with Crippen molar-refractivity contribution in [3.63, 3.8) is 0 Å². The average Bonchev–Trinajstić information content (AvgIpc) is 2.45. The van der Waals surface area contributed by atoms with Gasteiger partial charge in [0.15, 0.2) is 0 Å². The van der Waals surface area contributed by atoms with Gasteiger partial charge in [-0.2, -0.15) is 12.6 Å². The Hall–Kier alpha value is -1.59. The fourth-order valence-electron chi connectivity index (χ4n) is 1.50. The molecule has 4 nitrogen and oxygen atoms in total. The normalized spacial score (nSPS) is 9.53. The second-order valence-corrected chi connectivity index (χ2v) is 3.88. The summed E-state index contributed by atoms with van der Waals surface area (Å²) in [5, 5.41) is 8.85. The van der Waals surface area contributed by atoms with Crippen LogP contribution in [0.25, 0.3) is 0 Å². The molecule has 1 aromatic heterocycles. The summed E-state index contributed by atoms with van der Waals surface area (Å²) in [5.74, 6) is 1.19. The van der Waals surface area contributed by atoms with Gasteiger partial charge in [-0.1, -0.05) is 17.7 Å². The van der Waals surface area contributed by atoms with Gasteiger partial charge in [-0.05, 0) is 31.7 Å². The third kappa shape index (κ3) is 4.54. The van der Waals surface area contributed by atoms with Gasteiger partial charge in [0.05, 0.1) is 24.7 Å². The van der Waals surface area contributed by atoms with Crippen LogP contribution in [-0.4, -0.2) is 21.3 Å². The van der Waals surface area contributed by atoms with Gasteiger partial charge >= 0.3 is 0 Å². The number of aliphatic hydroxyl groups is 1. The number of aryl methyl sites for hydroxylation is 2. The Labute approximate surface area is 118 Å². The molecule has 2 aromatic rings. The molecule has 0 aliphatic carbocycles. The fourth-order valence-corrected chi connectivity index (χ4v) is 1.50. The van der Waals surface area contributed by atoms with Gasteiger partial charge in [-0.15, -0.1) is 0 Å². The highest BCUT2D eigenvalue weighted by molar-refractivity contribution is 7.79. The maximum absolute atomic E-state index is 8.85. The molecule has 0 spiro atoms. The number of thiol groups is 1. The Bertz CT molecular complexity index is 515. The molecule has 0 bridgehead atoms. The molecular weight excluding hydrogens is 260 g/mol. The largest absolute Gasteiger partial charge is 0.437 e. The average molecular weight is 278 g/mol. The standard InChI is InChI=1S/C13H14N2O2.CH4S/c1-9-3-4-12(10(2)5-9)17-13-7-14-11(8-16)6-15-13;1-2/h3-7,16H,8H2,1-2H3;2H,1H3. The topological polar surface area (TPSA) is 55.2 Å². The molecule has 0 fully saturated rings. The molecule has 2 rings (SSSR count). The third-order valence-electron chi connectivity index (χ3n) is 2.39. The van der Waals surface area contributed by atoms with Crippen molar-refractivity contribution < 1.29 is 9.84 Å². The zero-order chi connectivity index (χ0) is 14.3. The van der Waals surface area contributed by atoms with Crippen molar-refractivity contribution in [3.8, 4) is 11.6 Å². The van der Waals surface area contributed by atoms with E-state index in [4.69, 9.17) is 9.84 Å². The number of nitrogens with zero attached hydrogens (tertiary/aromatic N) is 2. The molecule has 19 heavy (non-hydrogen) atoms. The minimum atomic E-state index is -0.114. The zero-order valence-electron chi connectivity index (χ0n) is 11.3. The van der Waals surface area contributed by atoms with E-state index in [0.717, 1.165) is 11.3 Å². The molecule has 0 saturated heterocycles. The van der Waals surface area contributed by atoms with E-state index in [0.29, 0.717) is 11.6 Å². The van der Waals surface area contributed by atoms with Crippen molar-refractivity contribution in [1.82, 2.24) is 9.97 Å². The lowest BCUT2D eigenvalue weighted by atomic mass is 10.1. The number of benzene rings is 1. The van der Waals surface area contributed by atoms with Crippen LogP contribution in [0.15, 0.2) is 30.6 Å². The monoisotopic (exact) mass is 278 g/mol. The highest BCUT2D eigenvalue weighted by Gasteiger charge is 2.03. The van der Waals surface area contributed by atoms with E-state index in [2.05, 4.69) is 22.6 Å². The van der Waals surface area contributed by atoms with E-state index in [1.807, 2.05) is 32.0 Å². The van der Waals surface area contributed by atoms with E-state index in [-0.39, 0.29) is 6.61 Å². The molecule has 5 heteroatoms. The summed E-state index contributed by atoms with van der Waals surface area (Å²) in [4.78, 5) is 8.07. The van der Waals surface area contributed by atoms with E-state index < -0.39 is 0 Å². The van der Waals surface area contributed by atoms with Gasteiger partial charge < -0.3 is 9.84 Å². The number of aliphatic hydroxyl groups excluding tert-OH is 1. The molecule has 0 radical (unpaired) electrons. The predicted molar refractivity (Wildman–Crippen MR) is 78.9 cm³/mol. The second kappa shape index (κ2) is 7.76. The van der Waals surface area contributed by atoms with Crippen LogP contribution in [0.1, 0.15) is 16.8 Å². The van der Waals surface area contributed by atoms with Crippen LogP contribution >= 0.6 is 12.6 Å². The number of ether oxygens (including phenoxy) is 1. The van der Waals surface area contributed by atoms with E-state index in [9.17, 15) is 0 Å². The lowest BCUT2D eigenvalue weighted by molar-refractivity contribution is 0.276. The smallest absolute Gasteiger partial charge is 0.237 e. The van der Waals surface area contributed by atoms with Crippen LogP contribution in [-0.2, 0) is 6.61 Å². The molecule has 0 amide bonds. The summed E-state index contributed by atoms with van der Waals surface area (Å²) in [6.45, 7) is 3.90. The van der Waals surface area contributed by atoms with Crippen molar-refractivity contribution in [2.24, 2.45) is 0 Å². The molecule has 0 saturated carbocycles. The first-order valence-corrected chi connectivity index (χ1v) is 6.70. The Kier molecular flexibility index (Phi) is 6.32. The lowest BCUT2D eigenvalue weighted by Crippen LogP contribution is -1.95. The Morgan fingerprint density at radius 2 is 1.89 bits per heavy atom. The maximum atomic E-state index is 8.85. The Morgan fingerprint density at radius 3 is 2.42 bits per heavy atom. The SMILES string of the molecule is CS.Cc1ccc(Oc2cnc(CO)cn2)c(C)c1. The number of hydrogen-bond donors (Lipinski definition) is 2. The van der Waals surface area contributed by atoms with Crippen molar-refractivity contribution >= 4 is 12.6 Å². The van der Waals surface area contributed by atoms with E-state index >= 15 is 0 Å². The second-order valence-electron chi connectivity index (χ2n) is 3.88. The molecule has 102 valence electrons. The highest BCUT2D eigenvalue weighted by atomic mass is 32.1. The summed E-state index contributed by atoms with van der Waals surface area (Å²) in [7, 11) is 0. The molecule has 1 aromatic carbocycles. The Balaban J connectivity index is 0.000000861. The van der Waals surface area contributed by atoms with Crippen LogP contribution < -0.4 is 4.74 Å². The van der Waals surface area contributed by atoms with E-state index in [1.165, 1.54) is 18.0 Å². The van der Waals surface area contributed by atoms with Gasteiger partial charge in [-0.25, -0.2) is 4.98 Å². The van der Waals surface area contributed by atoms with Crippen LogP contribution in [0, 0.1) is 13.8 Å². The molecule has 0 unspecified atom stereocenters. The van der Waals surface area contributed by atoms with Crippen molar-refractivity contribution in [3.05, 3.63) is 47.4 Å². The molecule has 1 heterocycles.